The zero-order valence-corrected chi connectivity index (χ0v) is 14.0. The van der Waals surface area contributed by atoms with Gasteiger partial charge >= 0.3 is 0 Å². The standard InChI is InChI=1S/C19H17N5O2/c25-18(13-24-16-6-2-1-5-15(16)21-11-19(24)26)20-9-8-14-12-23-10-4-3-7-17(23)22-14/h1-7,10-12H,8-9,13H2,(H,20,25). The van der Waals surface area contributed by atoms with Crippen molar-refractivity contribution in [1.82, 2.24) is 24.3 Å². The van der Waals surface area contributed by atoms with Gasteiger partial charge in [-0.05, 0) is 24.3 Å². The third-order valence-electron chi connectivity index (χ3n) is 4.17. The Kier molecular flexibility index (Phi) is 4.18. The lowest BCUT2D eigenvalue weighted by atomic mass is 10.3. The van der Waals surface area contributed by atoms with Crippen LogP contribution in [0.3, 0.4) is 0 Å². The highest BCUT2D eigenvalue weighted by Gasteiger charge is 2.09. The van der Waals surface area contributed by atoms with Crippen LogP contribution in [-0.4, -0.2) is 31.4 Å². The minimum Gasteiger partial charge on any atom is -0.354 e. The molecule has 0 unspecified atom stereocenters. The summed E-state index contributed by atoms with van der Waals surface area (Å²) in [5.41, 5.74) is 2.82. The summed E-state index contributed by atoms with van der Waals surface area (Å²) in [6.07, 6.45) is 5.75. The number of fused-ring (bicyclic) bond motifs is 2. The summed E-state index contributed by atoms with van der Waals surface area (Å²) >= 11 is 0. The highest BCUT2D eigenvalue weighted by molar-refractivity contribution is 5.79. The number of hydrogen-bond acceptors (Lipinski definition) is 4. The highest BCUT2D eigenvalue weighted by Crippen LogP contribution is 2.08. The fourth-order valence-corrected chi connectivity index (χ4v) is 2.91. The maximum absolute atomic E-state index is 12.3. The van der Waals surface area contributed by atoms with Gasteiger partial charge in [0.05, 0.1) is 22.9 Å². The molecule has 0 bridgehead atoms. The van der Waals surface area contributed by atoms with E-state index in [9.17, 15) is 9.59 Å². The highest BCUT2D eigenvalue weighted by atomic mass is 16.2. The molecule has 0 spiro atoms. The van der Waals surface area contributed by atoms with E-state index in [0.29, 0.717) is 24.0 Å². The predicted molar refractivity (Wildman–Crippen MR) is 97.9 cm³/mol. The Hall–Kier alpha value is -3.48. The van der Waals surface area contributed by atoms with Gasteiger partial charge in [-0.1, -0.05) is 18.2 Å². The van der Waals surface area contributed by atoms with Crippen molar-refractivity contribution in [3.63, 3.8) is 0 Å². The molecule has 4 rings (SSSR count). The van der Waals surface area contributed by atoms with Gasteiger partial charge in [-0.2, -0.15) is 0 Å². The molecule has 26 heavy (non-hydrogen) atoms. The molecule has 7 heteroatoms. The predicted octanol–water partition coefficient (Wildman–Crippen LogP) is 1.40. The SMILES string of the molecule is O=C(Cn1c(=O)cnc2ccccc21)NCCc1cn2ccccc2n1. The molecule has 0 fully saturated rings. The first-order valence-corrected chi connectivity index (χ1v) is 8.34. The molecular formula is C19H17N5O2. The van der Waals surface area contributed by atoms with E-state index in [1.165, 1.54) is 10.8 Å². The molecule has 3 aromatic heterocycles. The van der Waals surface area contributed by atoms with Crippen molar-refractivity contribution in [1.29, 1.82) is 0 Å². The number of aromatic nitrogens is 4. The lowest BCUT2D eigenvalue weighted by Gasteiger charge is -2.09. The van der Waals surface area contributed by atoms with E-state index in [2.05, 4.69) is 15.3 Å². The van der Waals surface area contributed by atoms with Crippen molar-refractivity contribution in [2.45, 2.75) is 13.0 Å². The van der Waals surface area contributed by atoms with Crippen molar-refractivity contribution in [3.05, 3.63) is 77.1 Å². The van der Waals surface area contributed by atoms with Crippen LogP contribution in [-0.2, 0) is 17.8 Å². The Labute approximate surface area is 148 Å². The molecule has 0 aliphatic rings. The molecule has 1 amide bonds. The van der Waals surface area contributed by atoms with E-state index >= 15 is 0 Å². The lowest BCUT2D eigenvalue weighted by molar-refractivity contribution is -0.121. The Morgan fingerprint density at radius 1 is 1.12 bits per heavy atom. The molecule has 130 valence electrons. The first-order valence-electron chi connectivity index (χ1n) is 8.34. The van der Waals surface area contributed by atoms with Crippen LogP contribution in [0.15, 0.2) is 65.8 Å². The molecule has 0 saturated heterocycles. The smallest absolute Gasteiger partial charge is 0.269 e. The zero-order valence-electron chi connectivity index (χ0n) is 14.0. The molecule has 7 nitrogen and oxygen atoms in total. The van der Waals surface area contributed by atoms with Crippen LogP contribution < -0.4 is 10.9 Å². The topological polar surface area (TPSA) is 81.3 Å². The third kappa shape index (κ3) is 3.19. The molecule has 0 aliphatic heterocycles. The van der Waals surface area contributed by atoms with Gasteiger partial charge in [0.15, 0.2) is 0 Å². The third-order valence-corrected chi connectivity index (χ3v) is 4.17. The van der Waals surface area contributed by atoms with Gasteiger partial charge in [-0.15, -0.1) is 0 Å². The summed E-state index contributed by atoms with van der Waals surface area (Å²) in [5.74, 6) is -0.216. The maximum Gasteiger partial charge on any atom is 0.269 e. The second-order valence-corrected chi connectivity index (χ2v) is 5.97. The van der Waals surface area contributed by atoms with Crippen LogP contribution in [0, 0.1) is 0 Å². The number of nitrogens with one attached hydrogen (secondary N) is 1. The number of benzene rings is 1. The lowest BCUT2D eigenvalue weighted by Crippen LogP contribution is -2.33. The molecule has 0 radical (unpaired) electrons. The molecule has 0 saturated carbocycles. The number of nitrogens with zero attached hydrogens (tertiary/aromatic N) is 4. The van der Waals surface area contributed by atoms with Gasteiger partial charge < -0.3 is 9.72 Å². The molecule has 4 aromatic rings. The molecule has 3 heterocycles. The van der Waals surface area contributed by atoms with Gasteiger partial charge in [0.25, 0.3) is 5.56 Å². The van der Waals surface area contributed by atoms with Crippen LogP contribution in [0.4, 0.5) is 0 Å². The normalized spacial score (nSPS) is 11.1. The largest absolute Gasteiger partial charge is 0.354 e. The molecule has 1 N–H and O–H groups in total. The monoisotopic (exact) mass is 347 g/mol. The number of carbonyl (C=O) groups excluding carboxylic acids is 1. The molecule has 1 aromatic carbocycles. The quantitative estimate of drug-likeness (QED) is 0.592. The van der Waals surface area contributed by atoms with Gasteiger partial charge in [-0.25, -0.2) is 9.97 Å². The summed E-state index contributed by atoms with van der Waals surface area (Å²) in [7, 11) is 0. The number of para-hydroxylation sites is 2. The van der Waals surface area contributed by atoms with Crippen LogP contribution in [0.25, 0.3) is 16.7 Å². The Morgan fingerprint density at radius 3 is 2.85 bits per heavy atom. The number of hydrogen-bond donors (Lipinski definition) is 1. The van der Waals surface area contributed by atoms with Crippen molar-refractivity contribution in [2.24, 2.45) is 0 Å². The van der Waals surface area contributed by atoms with Gasteiger partial charge in [0.2, 0.25) is 5.91 Å². The van der Waals surface area contributed by atoms with E-state index in [0.717, 1.165) is 11.3 Å². The average Bonchev–Trinajstić information content (AvgIpc) is 3.07. The minimum absolute atomic E-state index is 0.0347. The number of rotatable bonds is 5. The first-order chi connectivity index (χ1) is 12.7. The number of imidazole rings is 1. The molecule has 0 aliphatic carbocycles. The second-order valence-electron chi connectivity index (χ2n) is 5.97. The fourth-order valence-electron chi connectivity index (χ4n) is 2.91. The van der Waals surface area contributed by atoms with Crippen LogP contribution in [0.5, 0.6) is 0 Å². The Balaban J connectivity index is 1.41. The van der Waals surface area contributed by atoms with Crippen LogP contribution in [0.1, 0.15) is 5.69 Å². The average molecular weight is 347 g/mol. The van der Waals surface area contributed by atoms with E-state index < -0.39 is 0 Å². The van der Waals surface area contributed by atoms with Gasteiger partial charge in [-0.3, -0.25) is 14.2 Å². The van der Waals surface area contributed by atoms with Crippen molar-refractivity contribution >= 4 is 22.6 Å². The summed E-state index contributed by atoms with van der Waals surface area (Å²) in [6, 6.07) is 13.1. The number of carbonyl (C=O) groups is 1. The van der Waals surface area contributed by atoms with Gasteiger partial charge in [0, 0.05) is 25.4 Å². The van der Waals surface area contributed by atoms with E-state index in [-0.39, 0.29) is 18.0 Å². The van der Waals surface area contributed by atoms with E-state index in [1.54, 1.807) is 6.07 Å². The van der Waals surface area contributed by atoms with E-state index in [1.807, 2.05) is 53.2 Å². The Bertz CT molecular complexity index is 1110. The molecule has 0 atom stereocenters. The maximum atomic E-state index is 12.3. The first kappa shape index (κ1) is 16.0. The van der Waals surface area contributed by atoms with Gasteiger partial charge in [0.1, 0.15) is 12.2 Å². The van der Waals surface area contributed by atoms with E-state index in [4.69, 9.17) is 0 Å². The van der Waals surface area contributed by atoms with Crippen LogP contribution in [0.2, 0.25) is 0 Å². The Morgan fingerprint density at radius 2 is 1.96 bits per heavy atom. The van der Waals surface area contributed by atoms with Crippen molar-refractivity contribution in [3.8, 4) is 0 Å². The van der Waals surface area contributed by atoms with Crippen molar-refractivity contribution in [2.75, 3.05) is 6.54 Å². The summed E-state index contributed by atoms with van der Waals surface area (Å²) in [6.45, 7) is 0.424. The second kappa shape index (κ2) is 6.79. The van der Waals surface area contributed by atoms with Crippen molar-refractivity contribution < 1.29 is 4.79 Å². The van der Waals surface area contributed by atoms with Crippen LogP contribution >= 0.6 is 0 Å². The molecular weight excluding hydrogens is 330 g/mol. The summed E-state index contributed by atoms with van der Waals surface area (Å²) in [4.78, 5) is 32.9. The number of pyridine rings is 1. The minimum atomic E-state index is -0.292. The fraction of sp³-hybridized carbons (Fsp3) is 0.158. The summed E-state index contributed by atoms with van der Waals surface area (Å²) < 4.78 is 3.38. The summed E-state index contributed by atoms with van der Waals surface area (Å²) in [5, 5.41) is 2.85. The zero-order chi connectivity index (χ0) is 17.9. The number of amides is 1.